The highest BCUT2D eigenvalue weighted by molar-refractivity contribution is 7.09. The number of carbonyl (C=O) groups excluding carboxylic acids is 1. The SMILES string of the molecule is C=C(C)CC(C)C(=O)NCCc1nc(C(=O)O)cs1. The Kier molecular flexibility index (Phi) is 5.69. The van der Waals surface area contributed by atoms with Crippen LogP contribution in [-0.2, 0) is 11.2 Å². The molecule has 6 heteroatoms. The molecule has 19 heavy (non-hydrogen) atoms. The van der Waals surface area contributed by atoms with E-state index in [0.717, 1.165) is 5.57 Å². The number of rotatable bonds is 7. The first kappa shape index (κ1) is 15.4. The Morgan fingerprint density at radius 1 is 1.58 bits per heavy atom. The molecule has 0 radical (unpaired) electrons. The van der Waals surface area contributed by atoms with Crippen LogP contribution in [0.2, 0.25) is 0 Å². The molecule has 0 saturated carbocycles. The topological polar surface area (TPSA) is 79.3 Å². The van der Waals surface area contributed by atoms with Gasteiger partial charge in [0.25, 0.3) is 0 Å². The van der Waals surface area contributed by atoms with Gasteiger partial charge in [0.1, 0.15) is 0 Å². The van der Waals surface area contributed by atoms with Gasteiger partial charge in [-0.2, -0.15) is 0 Å². The number of carboxylic acid groups (broad SMARTS) is 1. The number of nitrogens with zero attached hydrogens (tertiary/aromatic N) is 1. The maximum Gasteiger partial charge on any atom is 0.355 e. The number of hydrogen-bond acceptors (Lipinski definition) is 4. The molecule has 0 spiro atoms. The second kappa shape index (κ2) is 7.04. The molecule has 0 aliphatic rings. The zero-order valence-corrected chi connectivity index (χ0v) is 11.9. The lowest BCUT2D eigenvalue weighted by atomic mass is 10.0. The molecule has 1 rings (SSSR count). The number of allylic oxidation sites excluding steroid dienone is 1. The molecule has 104 valence electrons. The van der Waals surface area contributed by atoms with Gasteiger partial charge in [-0.15, -0.1) is 17.9 Å². The summed E-state index contributed by atoms with van der Waals surface area (Å²) < 4.78 is 0. The van der Waals surface area contributed by atoms with Crippen LogP contribution < -0.4 is 5.32 Å². The van der Waals surface area contributed by atoms with Crippen LogP contribution in [0.4, 0.5) is 0 Å². The molecule has 1 aromatic rings. The number of hydrogen-bond donors (Lipinski definition) is 2. The normalized spacial score (nSPS) is 11.9. The van der Waals surface area contributed by atoms with Crippen LogP contribution in [0.15, 0.2) is 17.5 Å². The Balaban J connectivity index is 2.35. The van der Waals surface area contributed by atoms with Gasteiger partial charge in [-0.05, 0) is 13.3 Å². The molecular weight excluding hydrogens is 264 g/mol. The summed E-state index contributed by atoms with van der Waals surface area (Å²) >= 11 is 1.29. The van der Waals surface area contributed by atoms with E-state index in [1.807, 2.05) is 13.8 Å². The standard InChI is InChI=1S/C13H18N2O3S/c1-8(2)6-9(3)12(16)14-5-4-11-15-10(7-19-11)13(17)18/h7,9H,1,4-6H2,2-3H3,(H,14,16)(H,17,18). The summed E-state index contributed by atoms with van der Waals surface area (Å²) in [4.78, 5) is 26.3. The maximum absolute atomic E-state index is 11.7. The van der Waals surface area contributed by atoms with Crippen LogP contribution in [0.3, 0.4) is 0 Å². The van der Waals surface area contributed by atoms with Crippen molar-refractivity contribution in [3.63, 3.8) is 0 Å². The Labute approximate surface area is 116 Å². The number of amides is 1. The molecule has 1 amide bonds. The Hall–Kier alpha value is -1.69. The van der Waals surface area contributed by atoms with Crippen molar-refractivity contribution in [3.05, 3.63) is 28.2 Å². The van der Waals surface area contributed by atoms with E-state index in [-0.39, 0.29) is 17.5 Å². The zero-order chi connectivity index (χ0) is 14.4. The van der Waals surface area contributed by atoms with Gasteiger partial charge in [0.2, 0.25) is 5.91 Å². The summed E-state index contributed by atoms with van der Waals surface area (Å²) in [6.45, 7) is 8.00. The van der Waals surface area contributed by atoms with Gasteiger partial charge in [-0.25, -0.2) is 9.78 Å². The molecule has 1 aromatic heterocycles. The van der Waals surface area contributed by atoms with E-state index in [4.69, 9.17) is 5.11 Å². The van der Waals surface area contributed by atoms with Gasteiger partial charge in [0.05, 0.1) is 5.01 Å². The number of aromatic carboxylic acids is 1. The number of aromatic nitrogens is 1. The summed E-state index contributed by atoms with van der Waals surface area (Å²) in [5.41, 5.74) is 1.04. The fraction of sp³-hybridized carbons (Fsp3) is 0.462. The number of thiazole rings is 1. The van der Waals surface area contributed by atoms with Crippen LogP contribution >= 0.6 is 11.3 Å². The Bertz CT molecular complexity index is 482. The van der Waals surface area contributed by atoms with Crippen molar-refractivity contribution in [3.8, 4) is 0 Å². The molecule has 5 nitrogen and oxygen atoms in total. The molecule has 0 bridgehead atoms. The van der Waals surface area contributed by atoms with E-state index in [1.165, 1.54) is 16.7 Å². The highest BCUT2D eigenvalue weighted by Crippen LogP contribution is 2.11. The number of carboxylic acids is 1. The molecule has 0 saturated heterocycles. The van der Waals surface area contributed by atoms with Crippen LogP contribution in [0.1, 0.15) is 35.8 Å². The predicted molar refractivity (Wildman–Crippen MR) is 74.4 cm³/mol. The first-order chi connectivity index (χ1) is 8.90. The summed E-state index contributed by atoms with van der Waals surface area (Å²) in [5.74, 6) is -1.14. The molecule has 0 aliphatic heterocycles. The van der Waals surface area contributed by atoms with Crippen molar-refractivity contribution in [2.45, 2.75) is 26.7 Å². The van der Waals surface area contributed by atoms with Crippen LogP contribution in [-0.4, -0.2) is 28.5 Å². The fourth-order valence-corrected chi connectivity index (χ4v) is 2.38. The van der Waals surface area contributed by atoms with Gasteiger partial charge in [-0.3, -0.25) is 4.79 Å². The lowest BCUT2D eigenvalue weighted by Crippen LogP contribution is -2.31. The monoisotopic (exact) mass is 282 g/mol. The smallest absolute Gasteiger partial charge is 0.355 e. The molecule has 1 unspecified atom stereocenters. The third-order valence-corrected chi connectivity index (χ3v) is 3.42. The number of carbonyl (C=O) groups is 2. The van der Waals surface area contributed by atoms with Crippen molar-refractivity contribution >= 4 is 23.2 Å². The van der Waals surface area contributed by atoms with Crippen LogP contribution in [0, 0.1) is 5.92 Å². The average molecular weight is 282 g/mol. The summed E-state index contributed by atoms with van der Waals surface area (Å²) in [6, 6.07) is 0. The van der Waals surface area contributed by atoms with Crippen molar-refractivity contribution in [1.29, 1.82) is 0 Å². The predicted octanol–water partition coefficient (Wildman–Crippen LogP) is 2.10. The van der Waals surface area contributed by atoms with E-state index in [2.05, 4.69) is 16.9 Å². The first-order valence-electron chi connectivity index (χ1n) is 6.00. The van der Waals surface area contributed by atoms with Crippen LogP contribution in [0.5, 0.6) is 0 Å². The van der Waals surface area contributed by atoms with E-state index >= 15 is 0 Å². The second-order valence-corrected chi connectivity index (χ2v) is 5.48. The molecule has 0 aliphatic carbocycles. The minimum Gasteiger partial charge on any atom is -0.476 e. The molecule has 1 heterocycles. The van der Waals surface area contributed by atoms with Gasteiger partial charge in [0.15, 0.2) is 5.69 Å². The highest BCUT2D eigenvalue weighted by atomic mass is 32.1. The van der Waals surface area contributed by atoms with Gasteiger partial charge in [-0.1, -0.05) is 12.5 Å². The van der Waals surface area contributed by atoms with Crippen molar-refractivity contribution in [2.75, 3.05) is 6.54 Å². The minimum atomic E-state index is -1.03. The Morgan fingerprint density at radius 2 is 2.26 bits per heavy atom. The quantitative estimate of drug-likeness (QED) is 0.751. The third kappa shape index (κ3) is 5.21. The van der Waals surface area contributed by atoms with Gasteiger partial charge in [0, 0.05) is 24.3 Å². The highest BCUT2D eigenvalue weighted by Gasteiger charge is 2.13. The molecule has 1 atom stereocenters. The second-order valence-electron chi connectivity index (χ2n) is 4.53. The van der Waals surface area contributed by atoms with E-state index in [1.54, 1.807) is 0 Å². The Morgan fingerprint density at radius 3 is 2.79 bits per heavy atom. The van der Waals surface area contributed by atoms with Crippen molar-refractivity contribution in [2.24, 2.45) is 5.92 Å². The lowest BCUT2D eigenvalue weighted by Gasteiger charge is -2.11. The molecule has 0 fully saturated rings. The largest absolute Gasteiger partial charge is 0.476 e. The number of nitrogens with one attached hydrogen (secondary N) is 1. The van der Waals surface area contributed by atoms with E-state index in [0.29, 0.717) is 24.4 Å². The van der Waals surface area contributed by atoms with Gasteiger partial charge >= 0.3 is 5.97 Å². The minimum absolute atomic E-state index is 0.0157. The van der Waals surface area contributed by atoms with Crippen molar-refractivity contribution in [1.82, 2.24) is 10.3 Å². The summed E-state index contributed by atoms with van der Waals surface area (Å²) in [7, 11) is 0. The third-order valence-electron chi connectivity index (χ3n) is 2.51. The van der Waals surface area contributed by atoms with Gasteiger partial charge < -0.3 is 10.4 Å². The fourth-order valence-electron chi connectivity index (χ4n) is 1.61. The molecule has 2 N–H and O–H groups in total. The zero-order valence-electron chi connectivity index (χ0n) is 11.1. The summed E-state index contributed by atoms with van der Waals surface area (Å²) in [6.07, 6.45) is 1.22. The van der Waals surface area contributed by atoms with Crippen LogP contribution in [0.25, 0.3) is 0 Å². The summed E-state index contributed by atoms with van der Waals surface area (Å²) in [5, 5.41) is 13.8. The average Bonchev–Trinajstić information content (AvgIpc) is 2.76. The van der Waals surface area contributed by atoms with E-state index < -0.39 is 5.97 Å². The van der Waals surface area contributed by atoms with E-state index in [9.17, 15) is 9.59 Å². The maximum atomic E-state index is 11.7. The molecule has 0 aromatic carbocycles. The molecular formula is C13H18N2O3S. The van der Waals surface area contributed by atoms with Crippen molar-refractivity contribution < 1.29 is 14.7 Å². The lowest BCUT2D eigenvalue weighted by molar-refractivity contribution is -0.124. The first-order valence-corrected chi connectivity index (χ1v) is 6.88.